The van der Waals surface area contributed by atoms with Crippen molar-refractivity contribution in [3.05, 3.63) is 0 Å². The second-order valence-corrected chi connectivity index (χ2v) is 6.74. The van der Waals surface area contributed by atoms with Crippen LogP contribution in [-0.2, 0) is 4.79 Å². The summed E-state index contributed by atoms with van der Waals surface area (Å²) in [5.41, 5.74) is -0.0645. The SMILES string of the molecule is C#CC1N(CC(C)C)CC12CCCN2C(=O)C(C)C. The van der Waals surface area contributed by atoms with Crippen LogP contribution in [0.2, 0.25) is 0 Å². The Bertz CT molecular complexity index is 396. The Morgan fingerprint density at radius 2 is 2.11 bits per heavy atom. The molecule has 0 radical (unpaired) electrons. The van der Waals surface area contributed by atoms with Crippen molar-refractivity contribution in [3.8, 4) is 12.3 Å². The van der Waals surface area contributed by atoms with Crippen molar-refractivity contribution in [2.75, 3.05) is 19.6 Å². The fraction of sp³-hybridized carbons (Fsp3) is 0.812. The monoisotopic (exact) mass is 262 g/mol. The first-order chi connectivity index (χ1) is 8.92. The quantitative estimate of drug-likeness (QED) is 0.726. The molecule has 0 N–H and O–H groups in total. The number of rotatable bonds is 3. The Balaban J connectivity index is 2.15. The minimum Gasteiger partial charge on any atom is -0.333 e. The van der Waals surface area contributed by atoms with Gasteiger partial charge in [-0.1, -0.05) is 33.6 Å². The highest BCUT2D eigenvalue weighted by Crippen LogP contribution is 2.43. The molecule has 0 aliphatic carbocycles. The predicted molar refractivity (Wildman–Crippen MR) is 77.5 cm³/mol. The molecule has 0 aromatic heterocycles. The zero-order valence-electron chi connectivity index (χ0n) is 12.6. The number of terminal acetylenes is 1. The van der Waals surface area contributed by atoms with E-state index in [9.17, 15) is 4.79 Å². The van der Waals surface area contributed by atoms with Gasteiger partial charge in [0.2, 0.25) is 5.91 Å². The van der Waals surface area contributed by atoms with Gasteiger partial charge in [-0.3, -0.25) is 9.69 Å². The summed E-state index contributed by atoms with van der Waals surface area (Å²) < 4.78 is 0. The first kappa shape index (κ1) is 14.4. The molecule has 0 aromatic carbocycles. The van der Waals surface area contributed by atoms with Crippen LogP contribution in [0.1, 0.15) is 40.5 Å². The van der Waals surface area contributed by atoms with Gasteiger partial charge in [-0.15, -0.1) is 6.42 Å². The lowest BCUT2D eigenvalue weighted by atomic mass is 9.77. The van der Waals surface area contributed by atoms with Crippen molar-refractivity contribution in [1.82, 2.24) is 9.80 Å². The van der Waals surface area contributed by atoms with E-state index in [2.05, 4.69) is 29.6 Å². The minimum absolute atomic E-state index is 0.0625. The lowest BCUT2D eigenvalue weighted by Crippen LogP contribution is -2.75. The highest BCUT2D eigenvalue weighted by Gasteiger charge is 2.58. The Hall–Kier alpha value is -1.01. The molecule has 2 unspecified atom stereocenters. The van der Waals surface area contributed by atoms with E-state index < -0.39 is 0 Å². The molecule has 2 heterocycles. The van der Waals surface area contributed by atoms with E-state index in [1.165, 1.54) is 0 Å². The first-order valence-corrected chi connectivity index (χ1v) is 7.44. The number of hydrogen-bond acceptors (Lipinski definition) is 2. The van der Waals surface area contributed by atoms with Crippen LogP contribution in [0, 0.1) is 24.2 Å². The minimum atomic E-state index is -0.0645. The van der Waals surface area contributed by atoms with Gasteiger partial charge in [0, 0.05) is 25.6 Å². The maximum absolute atomic E-state index is 12.4. The van der Waals surface area contributed by atoms with Gasteiger partial charge in [0.05, 0.1) is 11.6 Å². The van der Waals surface area contributed by atoms with Gasteiger partial charge in [0.1, 0.15) is 0 Å². The second-order valence-electron chi connectivity index (χ2n) is 6.74. The van der Waals surface area contributed by atoms with Crippen molar-refractivity contribution < 1.29 is 4.79 Å². The fourth-order valence-electron chi connectivity index (χ4n) is 3.65. The van der Waals surface area contributed by atoms with Crippen LogP contribution < -0.4 is 0 Å². The third-order valence-corrected chi connectivity index (χ3v) is 4.40. The molecule has 3 heteroatoms. The average Bonchev–Trinajstić information content (AvgIpc) is 2.73. The summed E-state index contributed by atoms with van der Waals surface area (Å²) >= 11 is 0. The molecule has 0 bridgehead atoms. The average molecular weight is 262 g/mol. The van der Waals surface area contributed by atoms with Gasteiger partial charge >= 0.3 is 0 Å². The second kappa shape index (κ2) is 5.17. The molecule has 19 heavy (non-hydrogen) atoms. The molecule has 2 saturated heterocycles. The van der Waals surface area contributed by atoms with Crippen molar-refractivity contribution in [1.29, 1.82) is 0 Å². The summed E-state index contributed by atoms with van der Waals surface area (Å²) in [7, 11) is 0. The number of likely N-dealkylation sites (tertiary alicyclic amines) is 2. The lowest BCUT2D eigenvalue weighted by Gasteiger charge is -2.58. The lowest BCUT2D eigenvalue weighted by molar-refractivity contribution is -0.150. The molecule has 3 nitrogen and oxygen atoms in total. The zero-order valence-corrected chi connectivity index (χ0v) is 12.6. The van der Waals surface area contributed by atoms with Crippen molar-refractivity contribution in [2.24, 2.45) is 11.8 Å². The van der Waals surface area contributed by atoms with Gasteiger partial charge in [-0.25, -0.2) is 0 Å². The Morgan fingerprint density at radius 3 is 2.63 bits per heavy atom. The first-order valence-electron chi connectivity index (χ1n) is 7.44. The number of nitrogens with zero attached hydrogens (tertiary/aromatic N) is 2. The van der Waals surface area contributed by atoms with Gasteiger partial charge in [-0.05, 0) is 18.8 Å². The van der Waals surface area contributed by atoms with Crippen molar-refractivity contribution >= 4 is 5.91 Å². The maximum atomic E-state index is 12.4. The normalized spacial score (nSPS) is 31.0. The summed E-state index contributed by atoms with van der Waals surface area (Å²) in [5.74, 6) is 3.89. The standard InChI is InChI=1S/C16H26N2O/c1-6-14-16(11-17(14)10-12(2)3)8-7-9-18(16)15(19)13(4)5/h1,12-14H,7-11H2,2-5H3. The van der Waals surface area contributed by atoms with Crippen LogP contribution in [0.15, 0.2) is 0 Å². The van der Waals surface area contributed by atoms with Gasteiger partial charge in [0.15, 0.2) is 0 Å². The van der Waals surface area contributed by atoms with Crippen LogP contribution in [-0.4, -0.2) is 46.9 Å². The maximum Gasteiger partial charge on any atom is 0.225 e. The molecule has 2 atom stereocenters. The van der Waals surface area contributed by atoms with E-state index in [1.807, 2.05) is 13.8 Å². The molecule has 1 amide bonds. The van der Waals surface area contributed by atoms with Crippen molar-refractivity contribution in [3.63, 3.8) is 0 Å². The fourth-order valence-corrected chi connectivity index (χ4v) is 3.65. The molecular formula is C16H26N2O. The summed E-state index contributed by atoms with van der Waals surface area (Å²) in [5, 5.41) is 0. The van der Waals surface area contributed by atoms with Crippen molar-refractivity contribution in [2.45, 2.75) is 52.1 Å². The van der Waals surface area contributed by atoms with E-state index in [0.29, 0.717) is 5.92 Å². The number of carbonyl (C=O) groups excluding carboxylic acids is 1. The van der Waals surface area contributed by atoms with Crippen LogP contribution in [0.5, 0.6) is 0 Å². The van der Waals surface area contributed by atoms with E-state index >= 15 is 0 Å². The smallest absolute Gasteiger partial charge is 0.225 e. The molecule has 2 fully saturated rings. The van der Waals surface area contributed by atoms with E-state index in [4.69, 9.17) is 6.42 Å². The summed E-state index contributed by atoms with van der Waals surface area (Å²) in [4.78, 5) is 16.8. The Labute approximate surface area is 117 Å². The third-order valence-electron chi connectivity index (χ3n) is 4.40. The molecule has 0 aromatic rings. The molecular weight excluding hydrogens is 236 g/mol. The number of carbonyl (C=O) groups is 1. The van der Waals surface area contributed by atoms with E-state index in [1.54, 1.807) is 0 Å². The Kier molecular flexibility index (Phi) is 3.92. The predicted octanol–water partition coefficient (Wildman–Crippen LogP) is 1.98. The van der Waals surface area contributed by atoms with E-state index in [-0.39, 0.29) is 23.4 Å². The van der Waals surface area contributed by atoms with Crippen LogP contribution in [0.25, 0.3) is 0 Å². The van der Waals surface area contributed by atoms with E-state index in [0.717, 1.165) is 32.5 Å². The topological polar surface area (TPSA) is 23.6 Å². The summed E-state index contributed by atoms with van der Waals surface area (Å²) in [6.45, 7) is 11.2. The largest absolute Gasteiger partial charge is 0.333 e. The van der Waals surface area contributed by atoms with Gasteiger partial charge < -0.3 is 4.90 Å². The van der Waals surface area contributed by atoms with Crippen LogP contribution in [0.4, 0.5) is 0 Å². The molecule has 106 valence electrons. The van der Waals surface area contributed by atoms with Crippen LogP contribution >= 0.6 is 0 Å². The highest BCUT2D eigenvalue weighted by atomic mass is 16.2. The number of amides is 1. The molecule has 1 spiro atoms. The molecule has 2 rings (SSSR count). The highest BCUT2D eigenvalue weighted by molar-refractivity contribution is 5.80. The molecule has 0 saturated carbocycles. The Morgan fingerprint density at radius 1 is 1.42 bits per heavy atom. The van der Waals surface area contributed by atoms with Crippen LogP contribution in [0.3, 0.4) is 0 Å². The summed E-state index contributed by atoms with van der Waals surface area (Å²) in [6, 6.07) is 0.111. The zero-order chi connectivity index (χ0) is 14.2. The summed E-state index contributed by atoms with van der Waals surface area (Å²) in [6.07, 6.45) is 7.92. The number of hydrogen-bond donors (Lipinski definition) is 0. The molecule has 2 aliphatic heterocycles. The van der Waals surface area contributed by atoms with Gasteiger partial charge in [0.25, 0.3) is 0 Å². The molecule has 2 aliphatic rings. The third kappa shape index (κ3) is 2.27. The van der Waals surface area contributed by atoms with Gasteiger partial charge in [-0.2, -0.15) is 0 Å².